The van der Waals surface area contributed by atoms with Crippen molar-refractivity contribution >= 4 is 39.1 Å². The summed E-state index contributed by atoms with van der Waals surface area (Å²) in [6, 6.07) is 13.6. The van der Waals surface area contributed by atoms with E-state index in [2.05, 4.69) is 0 Å². The molecule has 1 fully saturated rings. The molecule has 6 nitrogen and oxygen atoms in total. The molecular formula is C21H20N2O4S. The average molecular weight is 396 g/mol. The molecule has 0 aliphatic carbocycles. The summed E-state index contributed by atoms with van der Waals surface area (Å²) >= 11 is 1.60. The Morgan fingerprint density at radius 3 is 2.86 bits per heavy atom. The first-order valence-electron chi connectivity index (χ1n) is 9.11. The minimum atomic E-state index is -0.455. The minimum Gasteiger partial charge on any atom is -0.495 e. The summed E-state index contributed by atoms with van der Waals surface area (Å²) in [5, 5.41) is 0.874. The highest BCUT2D eigenvalue weighted by Gasteiger charge is 2.37. The molecule has 7 heteroatoms. The third-order valence-corrected chi connectivity index (χ3v) is 5.84. The first kappa shape index (κ1) is 18.4. The zero-order valence-corrected chi connectivity index (χ0v) is 16.5. The average Bonchev–Trinajstić information content (AvgIpc) is 3.31. The van der Waals surface area contributed by atoms with Crippen molar-refractivity contribution in [3.63, 3.8) is 0 Å². The molecule has 0 radical (unpaired) electrons. The Kier molecular flexibility index (Phi) is 5.00. The number of esters is 1. The normalized spacial score (nSPS) is 16.6. The van der Waals surface area contributed by atoms with Gasteiger partial charge in [0.05, 0.1) is 35.5 Å². The van der Waals surface area contributed by atoms with Crippen molar-refractivity contribution in [2.75, 3.05) is 25.2 Å². The lowest BCUT2D eigenvalue weighted by Crippen LogP contribution is -2.26. The molecule has 1 unspecified atom stereocenters. The molecular weight excluding hydrogens is 376 g/mol. The number of carbonyl (C=O) groups excluding carboxylic acids is 2. The zero-order chi connectivity index (χ0) is 19.7. The third kappa shape index (κ3) is 3.33. The maximum atomic E-state index is 12.6. The van der Waals surface area contributed by atoms with Crippen LogP contribution in [0.2, 0.25) is 0 Å². The molecule has 0 bridgehead atoms. The fraction of sp³-hybridized carbons (Fsp3) is 0.286. The number of nitrogens with zero attached hydrogens (tertiary/aromatic N) is 2. The van der Waals surface area contributed by atoms with Crippen LogP contribution in [-0.4, -0.2) is 37.1 Å². The van der Waals surface area contributed by atoms with E-state index in [1.807, 2.05) is 42.5 Å². The van der Waals surface area contributed by atoms with Crippen LogP contribution in [0, 0.1) is 5.92 Å². The zero-order valence-electron chi connectivity index (χ0n) is 15.7. The number of ether oxygens (including phenoxy) is 2. The van der Waals surface area contributed by atoms with Gasteiger partial charge < -0.3 is 14.4 Å². The smallest absolute Gasteiger partial charge is 0.311 e. The Morgan fingerprint density at radius 2 is 2.11 bits per heavy atom. The Labute approximate surface area is 166 Å². The maximum Gasteiger partial charge on any atom is 0.311 e. The second kappa shape index (κ2) is 7.59. The fourth-order valence-electron chi connectivity index (χ4n) is 3.39. The maximum absolute atomic E-state index is 12.6. The Morgan fingerprint density at radius 1 is 1.29 bits per heavy atom. The van der Waals surface area contributed by atoms with Crippen molar-refractivity contribution in [3.8, 4) is 16.3 Å². The molecule has 1 atom stereocenters. The topological polar surface area (TPSA) is 68.7 Å². The van der Waals surface area contributed by atoms with E-state index >= 15 is 0 Å². The number of aromatic nitrogens is 1. The summed E-state index contributed by atoms with van der Waals surface area (Å²) in [4.78, 5) is 31.0. The van der Waals surface area contributed by atoms with Crippen LogP contribution >= 0.6 is 11.3 Å². The molecule has 1 aromatic heterocycles. The number of anilines is 1. The van der Waals surface area contributed by atoms with Crippen LogP contribution in [0.1, 0.15) is 13.3 Å². The molecule has 0 spiro atoms. The Balaban J connectivity index is 1.69. The van der Waals surface area contributed by atoms with Crippen LogP contribution in [0.4, 0.5) is 5.69 Å². The molecule has 3 aromatic rings. The predicted molar refractivity (Wildman–Crippen MR) is 109 cm³/mol. The molecule has 1 saturated heterocycles. The number of para-hydroxylation sites is 1. The highest BCUT2D eigenvalue weighted by molar-refractivity contribution is 7.21. The first-order chi connectivity index (χ1) is 13.6. The fourth-order valence-corrected chi connectivity index (χ4v) is 4.35. The molecule has 0 N–H and O–H groups in total. The Bertz CT molecular complexity index is 1010. The quantitative estimate of drug-likeness (QED) is 0.612. The van der Waals surface area contributed by atoms with Gasteiger partial charge in [-0.15, -0.1) is 11.3 Å². The van der Waals surface area contributed by atoms with Gasteiger partial charge in [0.25, 0.3) is 0 Å². The van der Waals surface area contributed by atoms with E-state index in [1.165, 1.54) is 0 Å². The van der Waals surface area contributed by atoms with Gasteiger partial charge in [-0.1, -0.05) is 12.1 Å². The number of methoxy groups -OCH3 is 1. The highest BCUT2D eigenvalue weighted by atomic mass is 32.1. The number of carbonyl (C=O) groups is 2. The second-order valence-electron chi connectivity index (χ2n) is 6.53. The molecule has 4 rings (SSSR count). The number of hydrogen-bond donors (Lipinski definition) is 0. The third-order valence-electron chi connectivity index (χ3n) is 4.76. The molecule has 28 heavy (non-hydrogen) atoms. The summed E-state index contributed by atoms with van der Waals surface area (Å²) in [5.74, 6) is -0.316. The lowest BCUT2D eigenvalue weighted by atomic mass is 10.1. The van der Waals surface area contributed by atoms with E-state index in [-0.39, 0.29) is 24.8 Å². The summed E-state index contributed by atoms with van der Waals surface area (Å²) in [6.45, 7) is 2.36. The standard InChI is InChI=1S/C21H20N2O4S/c1-3-27-21(25)14-11-19(24)23(12-14)16-10-13(8-9-17(16)26-2)20-22-15-6-4-5-7-18(15)28-20/h4-10,14H,3,11-12H2,1-2H3. The van der Waals surface area contributed by atoms with E-state index in [0.717, 1.165) is 20.8 Å². The van der Waals surface area contributed by atoms with Crippen molar-refractivity contribution in [2.24, 2.45) is 5.92 Å². The van der Waals surface area contributed by atoms with Gasteiger partial charge in [0.1, 0.15) is 10.8 Å². The molecule has 1 aliphatic rings. The first-order valence-corrected chi connectivity index (χ1v) is 9.93. The largest absolute Gasteiger partial charge is 0.495 e. The molecule has 1 amide bonds. The number of thiazole rings is 1. The van der Waals surface area contributed by atoms with Crippen molar-refractivity contribution in [2.45, 2.75) is 13.3 Å². The molecule has 0 saturated carbocycles. The lowest BCUT2D eigenvalue weighted by Gasteiger charge is -2.20. The van der Waals surface area contributed by atoms with Gasteiger partial charge in [-0.05, 0) is 37.3 Å². The van der Waals surface area contributed by atoms with Gasteiger partial charge in [0.2, 0.25) is 5.91 Å². The van der Waals surface area contributed by atoms with Crippen molar-refractivity contribution in [1.29, 1.82) is 0 Å². The Hall–Kier alpha value is -2.93. The number of hydrogen-bond acceptors (Lipinski definition) is 6. The van der Waals surface area contributed by atoms with E-state index < -0.39 is 5.92 Å². The van der Waals surface area contributed by atoms with Crippen LogP contribution in [0.15, 0.2) is 42.5 Å². The van der Waals surface area contributed by atoms with E-state index in [9.17, 15) is 9.59 Å². The molecule has 2 aromatic carbocycles. The van der Waals surface area contributed by atoms with Crippen molar-refractivity contribution < 1.29 is 19.1 Å². The van der Waals surface area contributed by atoms with Gasteiger partial charge in [-0.3, -0.25) is 9.59 Å². The molecule has 2 heterocycles. The van der Waals surface area contributed by atoms with Gasteiger partial charge >= 0.3 is 5.97 Å². The number of fused-ring (bicyclic) bond motifs is 1. The number of amides is 1. The lowest BCUT2D eigenvalue weighted by molar-refractivity contribution is -0.147. The van der Waals surface area contributed by atoms with Gasteiger partial charge in [0.15, 0.2) is 0 Å². The van der Waals surface area contributed by atoms with Crippen molar-refractivity contribution in [3.05, 3.63) is 42.5 Å². The van der Waals surface area contributed by atoms with E-state index in [1.54, 1.807) is 30.3 Å². The van der Waals surface area contributed by atoms with Crippen LogP contribution in [0.25, 0.3) is 20.8 Å². The van der Waals surface area contributed by atoms with E-state index in [0.29, 0.717) is 18.0 Å². The predicted octanol–water partition coefficient (Wildman–Crippen LogP) is 3.89. The summed E-state index contributed by atoms with van der Waals surface area (Å²) in [7, 11) is 1.57. The number of rotatable bonds is 5. The molecule has 144 valence electrons. The molecule has 1 aliphatic heterocycles. The van der Waals surface area contributed by atoms with Crippen molar-refractivity contribution in [1.82, 2.24) is 4.98 Å². The van der Waals surface area contributed by atoms with E-state index in [4.69, 9.17) is 14.5 Å². The van der Waals surface area contributed by atoms with Gasteiger partial charge in [-0.25, -0.2) is 4.98 Å². The number of benzene rings is 2. The van der Waals surface area contributed by atoms with Crippen LogP contribution in [0.5, 0.6) is 5.75 Å². The van der Waals surface area contributed by atoms with Gasteiger partial charge in [0, 0.05) is 18.5 Å². The van der Waals surface area contributed by atoms with Crippen LogP contribution in [-0.2, 0) is 14.3 Å². The monoisotopic (exact) mass is 396 g/mol. The summed E-state index contributed by atoms with van der Waals surface area (Å²) < 4.78 is 11.7. The van der Waals surface area contributed by atoms with Crippen LogP contribution in [0.3, 0.4) is 0 Å². The van der Waals surface area contributed by atoms with Crippen LogP contribution < -0.4 is 9.64 Å². The summed E-state index contributed by atoms with van der Waals surface area (Å²) in [6.07, 6.45) is 0.146. The summed E-state index contributed by atoms with van der Waals surface area (Å²) in [5.41, 5.74) is 2.50. The highest BCUT2D eigenvalue weighted by Crippen LogP contribution is 2.38. The van der Waals surface area contributed by atoms with Gasteiger partial charge in [-0.2, -0.15) is 0 Å². The SMILES string of the molecule is CCOC(=O)C1CC(=O)N(c2cc(-c3nc4ccccc4s3)ccc2OC)C1. The second-order valence-corrected chi connectivity index (χ2v) is 7.56. The minimum absolute atomic E-state index is 0.113.